The molecule has 0 spiro atoms. The van der Waals surface area contributed by atoms with Gasteiger partial charge in [-0.15, -0.1) is 0 Å². The molecule has 1 heterocycles. The van der Waals surface area contributed by atoms with E-state index < -0.39 is 0 Å². The van der Waals surface area contributed by atoms with E-state index in [4.69, 9.17) is 0 Å². The van der Waals surface area contributed by atoms with Crippen LogP contribution in [-0.4, -0.2) is 34.1 Å². The van der Waals surface area contributed by atoms with Crippen LogP contribution in [-0.2, 0) is 4.79 Å². The number of rotatable bonds is 3. The van der Waals surface area contributed by atoms with Gasteiger partial charge in [0.25, 0.3) is 0 Å². The molecular weight excluding hydrogens is 226 g/mol. The molecule has 1 atom stereocenters. The molecule has 1 N–H and O–H groups in total. The summed E-state index contributed by atoms with van der Waals surface area (Å²) in [6.45, 7) is 11.3. The quantitative estimate of drug-likeness (QED) is 0.842. The Balaban J connectivity index is 2.49. The first kappa shape index (κ1) is 15.5. The third-order valence-corrected chi connectivity index (χ3v) is 3.83. The monoisotopic (exact) mass is 255 g/mol. The highest BCUT2D eigenvalue weighted by molar-refractivity contribution is 5.77. The van der Waals surface area contributed by atoms with Gasteiger partial charge >= 0.3 is 0 Å². The van der Waals surface area contributed by atoms with E-state index in [-0.39, 0.29) is 23.0 Å². The van der Waals surface area contributed by atoms with Gasteiger partial charge in [-0.2, -0.15) is 0 Å². The maximum atomic E-state index is 12.3. The lowest BCUT2D eigenvalue weighted by Gasteiger charge is -2.44. The van der Waals surface area contributed by atoms with Crippen LogP contribution in [0.3, 0.4) is 0 Å². The number of hydrogen-bond donors (Lipinski definition) is 1. The largest absolute Gasteiger partial charge is 0.391 e. The lowest BCUT2D eigenvalue weighted by molar-refractivity contribution is -0.142. The van der Waals surface area contributed by atoms with E-state index in [1.807, 2.05) is 4.90 Å². The van der Waals surface area contributed by atoms with E-state index in [0.717, 1.165) is 25.7 Å². The molecule has 1 unspecified atom stereocenters. The van der Waals surface area contributed by atoms with Gasteiger partial charge in [0, 0.05) is 18.5 Å². The number of hydrogen-bond acceptors (Lipinski definition) is 2. The predicted octanol–water partition coefficient (Wildman–Crippen LogP) is 2.96. The van der Waals surface area contributed by atoms with Gasteiger partial charge in [-0.25, -0.2) is 0 Å². The van der Waals surface area contributed by atoms with Crippen LogP contribution in [0.5, 0.6) is 0 Å². The first-order chi connectivity index (χ1) is 8.12. The normalized spacial score (nSPS) is 24.1. The molecule has 0 bridgehead atoms. The minimum atomic E-state index is -0.343. The van der Waals surface area contributed by atoms with Crippen molar-refractivity contribution in [3.8, 4) is 0 Å². The van der Waals surface area contributed by atoms with Crippen molar-refractivity contribution in [1.29, 1.82) is 0 Å². The second-order valence-electron chi connectivity index (χ2n) is 7.42. The van der Waals surface area contributed by atoms with E-state index in [0.29, 0.717) is 13.0 Å². The molecule has 18 heavy (non-hydrogen) atoms. The summed E-state index contributed by atoms with van der Waals surface area (Å²) in [7, 11) is 0. The SMILES string of the molecule is CC(C)(C)CCCC(=O)N1CC(O)CCC1(C)C. The minimum Gasteiger partial charge on any atom is -0.391 e. The van der Waals surface area contributed by atoms with Crippen molar-refractivity contribution in [2.75, 3.05) is 6.54 Å². The number of aliphatic hydroxyl groups excluding tert-OH is 1. The third kappa shape index (κ3) is 4.60. The van der Waals surface area contributed by atoms with Crippen LogP contribution >= 0.6 is 0 Å². The molecule has 1 aliphatic rings. The van der Waals surface area contributed by atoms with Gasteiger partial charge in [0.1, 0.15) is 0 Å². The second-order valence-corrected chi connectivity index (χ2v) is 7.42. The van der Waals surface area contributed by atoms with Crippen molar-refractivity contribution in [2.45, 2.75) is 78.4 Å². The van der Waals surface area contributed by atoms with Crippen LogP contribution in [0.15, 0.2) is 0 Å². The zero-order chi connectivity index (χ0) is 14.0. The highest BCUT2D eigenvalue weighted by atomic mass is 16.3. The van der Waals surface area contributed by atoms with Gasteiger partial charge < -0.3 is 10.0 Å². The van der Waals surface area contributed by atoms with Gasteiger partial charge in [-0.05, 0) is 44.9 Å². The molecule has 106 valence electrons. The van der Waals surface area contributed by atoms with E-state index in [9.17, 15) is 9.90 Å². The number of piperidine rings is 1. The van der Waals surface area contributed by atoms with Crippen molar-refractivity contribution in [1.82, 2.24) is 4.90 Å². The maximum Gasteiger partial charge on any atom is 0.223 e. The Kier molecular flexibility index (Phi) is 4.82. The highest BCUT2D eigenvalue weighted by Gasteiger charge is 2.36. The molecule has 3 heteroatoms. The number of aliphatic hydroxyl groups is 1. The van der Waals surface area contributed by atoms with Gasteiger partial charge in [-0.3, -0.25) is 4.79 Å². The Hall–Kier alpha value is -0.570. The average molecular weight is 255 g/mol. The Bertz CT molecular complexity index is 291. The van der Waals surface area contributed by atoms with Crippen molar-refractivity contribution in [3.63, 3.8) is 0 Å². The Labute approximate surface area is 112 Å². The fourth-order valence-corrected chi connectivity index (χ4v) is 2.55. The molecule has 0 aromatic heterocycles. The summed E-state index contributed by atoms with van der Waals surface area (Å²) in [5.74, 6) is 0.197. The summed E-state index contributed by atoms with van der Waals surface area (Å²) in [5, 5.41) is 9.72. The van der Waals surface area contributed by atoms with Crippen LogP contribution < -0.4 is 0 Å². The molecule has 0 aliphatic carbocycles. The molecule has 0 saturated carbocycles. The summed E-state index contributed by atoms with van der Waals surface area (Å²) in [5.41, 5.74) is 0.190. The van der Waals surface area contributed by atoms with E-state index >= 15 is 0 Å². The molecule has 0 aromatic rings. The van der Waals surface area contributed by atoms with Gasteiger partial charge in [0.05, 0.1) is 6.10 Å². The summed E-state index contributed by atoms with van der Waals surface area (Å²) < 4.78 is 0. The minimum absolute atomic E-state index is 0.0992. The summed E-state index contributed by atoms with van der Waals surface area (Å²) in [4.78, 5) is 14.1. The molecular formula is C15H29NO2. The Morgan fingerprint density at radius 2 is 2.00 bits per heavy atom. The number of likely N-dealkylation sites (tertiary alicyclic amines) is 1. The van der Waals surface area contributed by atoms with E-state index in [2.05, 4.69) is 34.6 Å². The number of carbonyl (C=O) groups is 1. The molecule has 1 aliphatic heterocycles. The van der Waals surface area contributed by atoms with E-state index in [1.54, 1.807) is 0 Å². The lowest BCUT2D eigenvalue weighted by atomic mass is 9.87. The topological polar surface area (TPSA) is 40.5 Å². The van der Waals surface area contributed by atoms with Gasteiger partial charge in [-0.1, -0.05) is 20.8 Å². The highest BCUT2D eigenvalue weighted by Crippen LogP contribution is 2.29. The zero-order valence-electron chi connectivity index (χ0n) is 12.6. The summed E-state index contributed by atoms with van der Waals surface area (Å²) in [6, 6.07) is 0. The Morgan fingerprint density at radius 1 is 1.39 bits per heavy atom. The van der Waals surface area contributed by atoms with Crippen LogP contribution in [0.25, 0.3) is 0 Å². The molecule has 1 rings (SSSR count). The van der Waals surface area contributed by atoms with Crippen molar-refractivity contribution < 1.29 is 9.90 Å². The molecule has 0 radical (unpaired) electrons. The average Bonchev–Trinajstić information content (AvgIpc) is 2.19. The standard InChI is InChI=1S/C15H29NO2/c1-14(2,3)9-6-7-13(18)16-11-12(17)8-10-15(16,4)5/h12,17H,6-11H2,1-5H3. The maximum absolute atomic E-state index is 12.3. The molecule has 0 aromatic carbocycles. The summed E-state index contributed by atoms with van der Waals surface area (Å²) in [6.07, 6.45) is 3.95. The molecule has 1 saturated heterocycles. The zero-order valence-corrected chi connectivity index (χ0v) is 12.6. The molecule has 1 fully saturated rings. The smallest absolute Gasteiger partial charge is 0.223 e. The Morgan fingerprint density at radius 3 is 2.56 bits per heavy atom. The predicted molar refractivity (Wildman–Crippen MR) is 74.3 cm³/mol. The van der Waals surface area contributed by atoms with Gasteiger partial charge in [0.15, 0.2) is 0 Å². The first-order valence-corrected chi connectivity index (χ1v) is 7.10. The van der Waals surface area contributed by atoms with Crippen molar-refractivity contribution in [3.05, 3.63) is 0 Å². The van der Waals surface area contributed by atoms with Crippen LogP contribution in [0.2, 0.25) is 0 Å². The van der Waals surface area contributed by atoms with E-state index in [1.165, 1.54) is 0 Å². The van der Waals surface area contributed by atoms with Crippen LogP contribution in [0.1, 0.15) is 66.7 Å². The summed E-state index contributed by atoms with van der Waals surface area (Å²) >= 11 is 0. The van der Waals surface area contributed by atoms with Crippen LogP contribution in [0, 0.1) is 5.41 Å². The van der Waals surface area contributed by atoms with Crippen molar-refractivity contribution >= 4 is 5.91 Å². The first-order valence-electron chi connectivity index (χ1n) is 7.10. The third-order valence-electron chi connectivity index (χ3n) is 3.83. The molecule has 1 amide bonds. The lowest BCUT2D eigenvalue weighted by Crippen LogP contribution is -2.54. The second kappa shape index (κ2) is 5.60. The van der Waals surface area contributed by atoms with Gasteiger partial charge in [0.2, 0.25) is 5.91 Å². The number of carbonyl (C=O) groups excluding carboxylic acids is 1. The van der Waals surface area contributed by atoms with Crippen molar-refractivity contribution in [2.24, 2.45) is 5.41 Å². The number of β-amino-alcohol motifs (C(OH)–C–C–N with tert-alkyl or cyclic N) is 1. The fraction of sp³-hybridized carbons (Fsp3) is 0.933. The fourth-order valence-electron chi connectivity index (χ4n) is 2.55. The number of amides is 1. The van der Waals surface area contributed by atoms with Crippen LogP contribution in [0.4, 0.5) is 0 Å². The number of nitrogens with zero attached hydrogens (tertiary/aromatic N) is 1. The molecule has 3 nitrogen and oxygen atoms in total.